The van der Waals surface area contributed by atoms with Gasteiger partial charge in [-0.1, -0.05) is 26.0 Å². The molecule has 2 rings (SSSR count). The molecule has 0 radical (unpaired) electrons. The van der Waals surface area contributed by atoms with Crippen molar-refractivity contribution in [1.82, 2.24) is 9.80 Å². The molecule has 0 spiro atoms. The predicted molar refractivity (Wildman–Crippen MR) is 80.9 cm³/mol. The highest BCUT2D eigenvalue weighted by molar-refractivity contribution is 5.25. The summed E-state index contributed by atoms with van der Waals surface area (Å²) < 4.78 is 13.4. The lowest BCUT2D eigenvalue weighted by Gasteiger charge is -2.26. The summed E-state index contributed by atoms with van der Waals surface area (Å²) in [5.41, 5.74) is 7.34. The Kier molecular flexibility index (Phi) is 5.52. The third-order valence-electron chi connectivity index (χ3n) is 4.31. The van der Waals surface area contributed by atoms with Crippen LogP contribution in [0.25, 0.3) is 0 Å². The van der Waals surface area contributed by atoms with Gasteiger partial charge in [0.15, 0.2) is 0 Å². The number of likely N-dealkylation sites (N-methyl/N-ethyl adjacent to an activating group) is 1. The van der Waals surface area contributed by atoms with Gasteiger partial charge in [-0.3, -0.25) is 9.80 Å². The number of hydrogen-bond donors (Lipinski definition) is 1. The summed E-state index contributed by atoms with van der Waals surface area (Å²) >= 11 is 0. The largest absolute Gasteiger partial charge is 0.326 e. The van der Waals surface area contributed by atoms with Gasteiger partial charge < -0.3 is 5.73 Å². The molecule has 1 saturated heterocycles. The highest BCUT2D eigenvalue weighted by atomic mass is 19.1. The molecule has 1 aromatic carbocycles. The van der Waals surface area contributed by atoms with E-state index in [1.165, 1.54) is 12.5 Å². The van der Waals surface area contributed by atoms with E-state index < -0.39 is 0 Å². The van der Waals surface area contributed by atoms with E-state index in [1.807, 2.05) is 12.1 Å². The van der Waals surface area contributed by atoms with Gasteiger partial charge in [0, 0.05) is 37.8 Å². The Morgan fingerprint density at radius 2 is 2.10 bits per heavy atom. The van der Waals surface area contributed by atoms with E-state index >= 15 is 0 Å². The second-order valence-electron chi connectivity index (χ2n) is 5.53. The van der Waals surface area contributed by atoms with Crippen molar-refractivity contribution in [3.63, 3.8) is 0 Å². The van der Waals surface area contributed by atoms with Crippen LogP contribution in [0.2, 0.25) is 0 Å². The third-order valence-corrected chi connectivity index (χ3v) is 4.31. The van der Waals surface area contributed by atoms with Crippen LogP contribution in [0.4, 0.5) is 4.39 Å². The Balaban J connectivity index is 1.95. The fourth-order valence-corrected chi connectivity index (χ4v) is 3.13. The number of likely N-dealkylation sites (tertiary alicyclic amines) is 1. The molecule has 1 unspecified atom stereocenters. The first-order valence-electron chi connectivity index (χ1n) is 7.61. The molecule has 0 saturated carbocycles. The summed E-state index contributed by atoms with van der Waals surface area (Å²) in [7, 11) is 0. The summed E-state index contributed by atoms with van der Waals surface area (Å²) in [6, 6.07) is 5.98. The van der Waals surface area contributed by atoms with Crippen molar-refractivity contribution in [3.05, 3.63) is 35.1 Å². The number of nitrogens with zero attached hydrogens (tertiary/aromatic N) is 2. The molecule has 1 fully saturated rings. The molecule has 0 aromatic heterocycles. The normalized spacial score (nSPS) is 19.9. The third kappa shape index (κ3) is 3.57. The quantitative estimate of drug-likeness (QED) is 0.866. The van der Waals surface area contributed by atoms with Gasteiger partial charge in [-0.2, -0.15) is 0 Å². The molecule has 0 aliphatic carbocycles. The van der Waals surface area contributed by atoms with Crippen LogP contribution in [-0.2, 0) is 13.1 Å². The molecule has 1 aromatic rings. The summed E-state index contributed by atoms with van der Waals surface area (Å²) in [4.78, 5) is 4.98. The average molecular weight is 279 g/mol. The van der Waals surface area contributed by atoms with Gasteiger partial charge in [0.1, 0.15) is 5.82 Å². The van der Waals surface area contributed by atoms with Crippen molar-refractivity contribution in [3.8, 4) is 0 Å². The molecule has 0 amide bonds. The van der Waals surface area contributed by atoms with E-state index in [0.29, 0.717) is 11.6 Å². The van der Waals surface area contributed by atoms with E-state index in [0.717, 1.165) is 38.3 Å². The number of halogens is 1. The Labute approximate surface area is 121 Å². The first kappa shape index (κ1) is 15.4. The summed E-state index contributed by atoms with van der Waals surface area (Å²) in [6.07, 6.45) is 1.23. The maximum atomic E-state index is 13.4. The molecule has 1 aliphatic heterocycles. The number of benzene rings is 1. The van der Waals surface area contributed by atoms with Crippen molar-refractivity contribution in [2.75, 3.05) is 26.2 Å². The molecule has 1 atom stereocenters. The Bertz CT molecular complexity index is 432. The van der Waals surface area contributed by atoms with Crippen LogP contribution in [0, 0.1) is 5.82 Å². The zero-order valence-electron chi connectivity index (χ0n) is 12.6. The highest BCUT2D eigenvalue weighted by Crippen LogP contribution is 2.19. The van der Waals surface area contributed by atoms with Crippen molar-refractivity contribution in [1.29, 1.82) is 0 Å². The van der Waals surface area contributed by atoms with Crippen molar-refractivity contribution in [2.24, 2.45) is 5.73 Å². The monoisotopic (exact) mass is 279 g/mol. The van der Waals surface area contributed by atoms with E-state index in [2.05, 4.69) is 23.6 Å². The van der Waals surface area contributed by atoms with Crippen LogP contribution in [-0.4, -0.2) is 42.0 Å². The van der Waals surface area contributed by atoms with Crippen LogP contribution in [0.5, 0.6) is 0 Å². The minimum Gasteiger partial charge on any atom is -0.326 e. The zero-order valence-corrected chi connectivity index (χ0v) is 12.6. The summed E-state index contributed by atoms with van der Waals surface area (Å²) in [5, 5.41) is 0. The van der Waals surface area contributed by atoms with E-state index in [-0.39, 0.29) is 12.4 Å². The van der Waals surface area contributed by atoms with Crippen LogP contribution in [0.15, 0.2) is 18.2 Å². The van der Waals surface area contributed by atoms with Crippen molar-refractivity contribution < 1.29 is 4.39 Å². The van der Waals surface area contributed by atoms with Crippen molar-refractivity contribution >= 4 is 0 Å². The molecule has 20 heavy (non-hydrogen) atoms. The Morgan fingerprint density at radius 1 is 1.35 bits per heavy atom. The van der Waals surface area contributed by atoms with E-state index in [9.17, 15) is 4.39 Å². The second-order valence-corrected chi connectivity index (χ2v) is 5.53. The summed E-state index contributed by atoms with van der Waals surface area (Å²) in [6.45, 7) is 10.1. The van der Waals surface area contributed by atoms with Crippen LogP contribution >= 0.6 is 0 Å². The molecule has 1 aliphatic rings. The van der Waals surface area contributed by atoms with Crippen LogP contribution in [0.1, 0.15) is 31.4 Å². The van der Waals surface area contributed by atoms with Gasteiger partial charge in [0.05, 0.1) is 0 Å². The fourth-order valence-electron chi connectivity index (χ4n) is 3.13. The van der Waals surface area contributed by atoms with Gasteiger partial charge in [-0.25, -0.2) is 4.39 Å². The maximum Gasteiger partial charge on any atom is 0.127 e. The highest BCUT2D eigenvalue weighted by Gasteiger charge is 2.25. The molecule has 112 valence electrons. The molecular weight excluding hydrogens is 253 g/mol. The predicted octanol–water partition coefficient (Wildman–Crippen LogP) is 2.20. The number of rotatable bonds is 6. The molecule has 0 bridgehead atoms. The lowest BCUT2D eigenvalue weighted by atomic mass is 10.1. The Morgan fingerprint density at radius 3 is 2.75 bits per heavy atom. The smallest absolute Gasteiger partial charge is 0.127 e. The summed E-state index contributed by atoms with van der Waals surface area (Å²) in [5.74, 6) is -0.196. The SMILES string of the molecule is CCN(CC)C1CCN(Cc2ccc(F)c(CN)c2)C1. The van der Waals surface area contributed by atoms with Gasteiger partial charge in [0.2, 0.25) is 0 Å². The minimum atomic E-state index is -0.196. The van der Waals surface area contributed by atoms with Gasteiger partial charge in [-0.05, 0) is 31.1 Å². The molecule has 2 N–H and O–H groups in total. The molecular formula is C16H26FN3. The average Bonchev–Trinajstić information content (AvgIpc) is 2.91. The zero-order chi connectivity index (χ0) is 14.5. The van der Waals surface area contributed by atoms with Gasteiger partial charge in [0.25, 0.3) is 0 Å². The first-order valence-corrected chi connectivity index (χ1v) is 7.61. The van der Waals surface area contributed by atoms with Crippen LogP contribution < -0.4 is 5.73 Å². The number of nitrogens with two attached hydrogens (primary N) is 1. The van der Waals surface area contributed by atoms with E-state index in [4.69, 9.17) is 5.73 Å². The van der Waals surface area contributed by atoms with Gasteiger partial charge >= 0.3 is 0 Å². The van der Waals surface area contributed by atoms with Crippen molar-refractivity contribution in [2.45, 2.75) is 39.4 Å². The molecule has 3 nitrogen and oxygen atoms in total. The molecule has 4 heteroatoms. The number of hydrogen-bond acceptors (Lipinski definition) is 3. The van der Waals surface area contributed by atoms with Gasteiger partial charge in [-0.15, -0.1) is 0 Å². The van der Waals surface area contributed by atoms with Crippen LogP contribution in [0.3, 0.4) is 0 Å². The second kappa shape index (κ2) is 7.16. The topological polar surface area (TPSA) is 32.5 Å². The lowest BCUT2D eigenvalue weighted by Crippen LogP contribution is -2.37. The minimum absolute atomic E-state index is 0.196. The molecule has 1 heterocycles. The Hall–Kier alpha value is -0.970. The lowest BCUT2D eigenvalue weighted by molar-refractivity contribution is 0.209. The first-order chi connectivity index (χ1) is 9.67. The standard InChI is InChI=1S/C16H26FN3/c1-3-20(4-2)15-7-8-19(12-15)11-13-5-6-16(17)14(9-13)10-18/h5-6,9,15H,3-4,7-8,10-12,18H2,1-2H3. The maximum absolute atomic E-state index is 13.4. The fraction of sp³-hybridized carbons (Fsp3) is 0.625. The van der Waals surface area contributed by atoms with E-state index in [1.54, 1.807) is 0 Å².